The minimum absolute atomic E-state index is 0.0297. The third-order valence-electron chi connectivity index (χ3n) is 5.79. The van der Waals surface area contributed by atoms with Gasteiger partial charge in [-0.05, 0) is 65.4 Å². The van der Waals surface area contributed by atoms with Crippen LogP contribution in [0.15, 0.2) is 66.7 Å². The molecule has 0 amide bonds. The van der Waals surface area contributed by atoms with Gasteiger partial charge in [-0.3, -0.25) is 4.79 Å². The van der Waals surface area contributed by atoms with Crippen molar-refractivity contribution in [2.45, 2.75) is 32.1 Å². The summed E-state index contributed by atoms with van der Waals surface area (Å²) in [7, 11) is 0. The predicted molar refractivity (Wildman–Crippen MR) is 108 cm³/mol. The zero-order chi connectivity index (χ0) is 18.1. The first kappa shape index (κ1) is 16.6. The molecule has 4 rings (SSSR count). The van der Waals surface area contributed by atoms with Gasteiger partial charge in [-0.2, -0.15) is 0 Å². The zero-order valence-corrected chi connectivity index (χ0v) is 15.3. The van der Waals surface area contributed by atoms with Crippen molar-refractivity contribution in [3.8, 4) is 11.1 Å². The number of nitrogens with one attached hydrogen (secondary N) is 1. The van der Waals surface area contributed by atoms with Gasteiger partial charge in [-0.1, -0.05) is 50.2 Å². The van der Waals surface area contributed by atoms with Gasteiger partial charge in [0.1, 0.15) is 6.29 Å². The van der Waals surface area contributed by atoms with Crippen molar-refractivity contribution in [2.24, 2.45) is 0 Å². The van der Waals surface area contributed by atoms with Crippen LogP contribution in [-0.4, -0.2) is 6.29 Å². The molecule has 2 nitrogen and oxygen atoms in total. The van der Waals surface area contributed by atoms with Gasteiger partial charge >= 0.3 is 0 Å². The van der Waals surface area contributed by atoms with Gasteiger partial charge in [0, 0.05) is 22.4 Å². The van der Waals surface area contributed by atoms with Crippen LogP contribution in [0, 0.1) is 0 Å². The van der Waals surface area contributed by atoms with Crippen molar-refractivity contribution in [2.75, 3.05) is 5.32 Å². The Balaban J connectivity index is 1.85. The number of para-hydroxylation sites is 1. The molecule has 0 unspecified atom stereocenters. The van der Waals surface area contributed by atoms with Crippen molar-refractivity contribution in [3.63, 3.8) is 0 Å². The lowest BCUT2D eigenvalue weighted by Crippen LogP contribution is -2.23. The van der Waals surface area contributed by atoms with E-state index in [0.717, 1.165) is 36.1 Å². The predicted octanol–water partition coefficient (Wildman–Crippen LogP) is 6.33. The second-order valence-corrected chi connectivity index (χ2v) is 6.96. The van der Waals surface area contributed by atoms with Crippen LogP contribution in [0.25, 0.3) is 11.1 Å². The summed E-state index contributed by atoms with van der Waals surface area (Å²) in [5.74, 6) is 0. The summed E-state index contributed by atoms with van der Waals surface area (Å²) < 4.78 is 0. The Morgan fingerprint density at radius 3 is 2.12 bits per heavy atom. The molecule has 1 aliphatic rings. The number of benzene rings is 3. The van der Waals surface area contributed by atoms with E-state index < -0.39 is 0 Å². The van der Waals surface area contributed by atoms with Gasteiger partial charge in [0.05, 0.1) is 0 Å². The van der Waals surface area contributed by atoms with Gasteiger partial charge in [-0.15, -0.1) is 0 Å². The van der Waals surface area contributed by atoms with E-state index >= 15 is 0 Å². The lowest BCUT2D eigenvalue weighted by molar-refractivity contribution is 0.112. The Morgan fingerprint density at radius 2 is 1.46 bits per heavy atom. The molecule has 0 saturated carbocycles. The van der Waals surface area contributed by atoms with E-state index in [1.165, 1.54) is 22.3 Å². The normalized spacial score (nSPS) is 13.8. The Kier molecular flexibility index (Phi) is 4.12. The maximum absolute atomic E-state index is 11.3. The molecule has 0 aliphatic heterocycles. The van der Waals surface area contributed by atoms with Crippen LogP contribution >= 0.6 is 0 Å². The first-order valence-electron chi connectivity index (χ1n) is 9.28. The fourth-order valence-corrected chi connectivity index (χ4v) is 4.36. The molecule has 130 valence electrons. The highest BCUT2D eigenvalue weighted by molar-refractivity contribution is 5.86. The van der Waals surface area contributed by atoms with Crippen LogP contribution in [-0.2, 0) is 5.41 Å². The molecule has 2 heteroatoms. The van der Waals surface area contributed by atoms with E-state index in [2.05, 4.69) is 61.6 Å². The Hall–Kier alpha value is -2.87. The number of carbonyl (C=O) groups is 1. The molecule has 0 fully saturated rings. The Morgan fingerprint density at radius 1 is 0.808 bits per heavy atom. The molecule has 0 aromatic heterocycles. The number of carbonyl (C=O) groups excluding carboxylic acids is 1. The minimum atomic E-state index is -0.0297. The summed E-state index contributed by atoms with van der Waals surface area (Å²) in [6, 6.07) is 23.0. The minimum Gasteiger partial charge on any atom is -0.356 e. The summed E-state index contributed by atoms with van der Waals surface area (Å²) in [6.45, 7) is 4.49. The average molecular weight is 341 g/mol. The van der Waals surface area contributed by atoms with Crippen LogP contribution in [0.2, 0.25) is 0 Å². The molecule has 0 atom stereocenters. The van der Waals surface area contributed by atoms with Crippen LogP contribution in [0.1, 0.15) is 48.2 Å². The summed E-state index contributed by atoms with van der Waals surface area (Å²) in [6.07, 6.45) is 2.98. The van der Waals surface area contributed by atoms with Crippen LogP contribution in [0.3, 0.4) is 0 Å². The number of anilines is 2. The zero-order valence-electron chi connectivity index (χ0n) is 15.3. The molecule has 3 aromatic rings. The van der Waals surface area contributed by atoms with Crippen molar-refractivity contribution in [3.05, 3.63) is 83.4 Å². The fraction of sp³-hybridized carbons (Fsp3) is 0.208. The van der Waals surface area contributed by atoms with Crippen molar-refractivity contribution < 1.29 is 4.79 Å². The molecule has 1 N–H and O–H groups in total. The quantitative estimate of drug-likeness (QED) is 0.549. The lowest BCUT2D eigenvalue weighted by atomic mass is 9.73. The Labute approximate surface area is 154 Å². The van der Waals surface area contributed by atoms with Crippen LogP contribution in [0.5, 0.6) is 0 Å². The molecular formula is C24H23NO. The first-order chi connectivity index (χ1) is 12.7. The van der Waals surface area contributed by atoms with Gasteiger partial charge in [0.15, 0.2) is 0 Å². The van der Waals surface area contributed by atoms with Gasteiger partial charge in [0.25, 0.3) is 0 Å². The molecule has 1 aliphatic carbocycles. The largest absolute Gasteiger partial charge is 0.356 e. The highest BCUT2D eigenvalue weighted by Gasteiger charge is 2.40. The second kappa shape index (κ2) is 6.45. The monoisotopic (exact) mass is 341 g/mol. The highest BCUT2D eigenvalue weighted by atomic mass is 16.1. The van der Waals surface area contributed by atoms with E-state index in [1.807, 2.05) is 24.3 Å². The van der Waals surface area contributed by atoms with Crippen LogP contribution < -0.4 is 5.32 Å². The van der Waals surface area contributed by atoms with E-state index in [-0.39, 0.29) is 5.41 Å². The van der Waals surface area contributed by atoms with Gasteiger partial charge in [-0.25, -0.2) is 0 Å². The van der Waals surface area contributed by atoms with E-state index in [1.54, 1.807) is 0 Å². The lowest BCUT2D eigenvalue weighted by Gasteiger charge is -2.30. The summed E-state index contributed by atoms with van der Waals surface area (Å²) >= 11 is 0. The smallest absolute Gasteiger partial charge is 0.150 e. The van der Waals surface area contributed by atoms with E-state index in [0.29, 0.717) is 0 Å². The third-order valence-corrected chi connectivity index (χ3v) is 5.79. The van der Waals surface area contributed by atoms with E-state index in [4.69, 9.17) is 0 Å². The topological polar surface area (TPSA) is 29.1 Å². The molecule has 0 radical (unpaired) electrons. The summed E-state index contributed by atoms with van der Waals surface area (Å²) in [5.41, 5.74) is 8.12. The molecule has 0 bridgehead atoms. The number of fused-ring (bicyclic) bond motifs is 3. The van der Waals surface area contributed by atoms with Gasteiger partial charge < -0.3 is 5.32 Å². The molecular weight excluding hydrogens is 318 g/mol. The summed E-state index contributed by atoms with van der Waals surface area (Å²) in [4.78, 5) is 11.3. The maximum atomic E-state index is 11.3. The average Bonchev–Trinajstić information content (AvgIpc) is 2.97. The van der Waals surface area contributed by atoms with Crippen molar-refractivity contribution in [1.29, 1.82) is 0 Å². The Bertz CT molecular complexity index is 955. The maximum Gasteiger partial charge on any atom is 0.150 e. The number of hydrogen-bond acceptors (Lipinski definition) is 2. The molecule has 0 saturated heterocycles. The molecule has 3 aromatic carbocycles. The molecule has 0 spiro atoms. The number of rotatable bonds is 5. The SMILES string of the molecule is CCC1(CC)c2cc(C=O)ccc2-c2ccc(Nc3ccccc3)cc21. The van der Waals surface area contributed by atoms with Gasteiger partial charge in [0.2, 0.25) is 0 Å². The second-order valence-electron chi connectivity index (χ2n) is 6.96. The highest BCUT2D eigenvalue weighted by Crippen LogP contribution is 2.53. The van der Waals surface area contributed by atoms with E-state index in [9.17, 15) is 4.79 Å². The van der Waals surface area contributed by atoms with Crippen molar-refractivity contribution >= 4 is 17.7 Å². The number of aldehydes is 1. The van der Waals surface area contributed by atoms with Crippen molar-refractivity contribution in [1.82, 2.24) is 0 Å². The number of hydrogen-bond donors (Lipinski definition) is 1. The molecule has 26 heavy (non-hydrogen) atoms. The first-order valence-corrected chi connectivity index (χ1v) is 9.28. The summed E-state index contributed by atoms with van der Waals surface area (Å²) in [5, 5.41) is 3.51. The fourth-order valence-electron chi connectivity index (χ4n) is 4.36. The van der Waals surface area contributed by atoms with Crippen LogP contribution in [0.4, 0.5) is 11.4 Å². The third kappa shape index (κ3) is 2.45. The molecule has 0 heterocycles. The standard InChI is InChI=1S/C24H23NO/c1-3-24(4-2)22-14-17(16-26)10-12-20(22)21-13-11-19(15-23(21)24)25-18-8-6-5-7-9-18/h5-16,25H,3-4H2,1-2H3.